The van der Waals surface area contributed by atoms with Gasteiger partial charge in [-0.15, -0.1) is 0 Å². The number of benzene rings is 2. The van der Waals surface area contributed by atoms with E-state index in [0.29, 0.717) is 11.1 Å². The molecular weight excluding hydrogens is 578 g/mol. The first-order chi connectivity index (χ1) is 21.0. The molecule has 1 aromatic heterocycles. The molecule has 3 atom stereocenters. The first-order valence-electron chi connectivity index (χ1n) is 14.9. The van der Waals surface area contributed by atoms with E-state index in [1.807, 2.05) is 36.4 Å². The van der Waals surface area contributed by atoms with Crippen molar-refractivity contribution in [2.24, 2.45) is 13.0 Å². The van der Waals surface area contributed by atoms with Crippen LogP contribution in [0.15, 0.2) is 51.7 Å². The summed E-state index contributed by atoms with van der Waals surface area (Å²) in [4.78, 5) is 52.2. The van der Waals surface area contributed by atoms with Gasteiger partial charge in [-0.1, -0.05) is 30.3 Å². The molecule has 0 aliphatic carbocycles. The van der Waals surface area contributed by atoms with Crippen LogP contribution in [0.4, 0.5) is 9.59 Å². The number of aryl methyl sites for hydroxylation is 1. The Hall–Kier alpha value is -4.79. The van der Waals surface area contributed by atoms with E-state index in [4.69, 9.17) is 13.9 Å². The summed E-state index contributed by atoms with van der Waals surface area (Å²) in [6.45, 7) is 10.8. The molecule has 2 aromatic carbocycles. The number of nitrogens with one attached hydrogen (secondary N) is 2. The maximum absolute atomic E-state index is 13.5. The molecule has 3 amide bonds. The average Bonchev–Trinajstić information content (AvgIpc) is 3.23. The van der Waals surface area contributed by atoms with E-state index >= 15 is 0 Å². The second-order valence-corrected chi connectivity index (χ2v) is 13.3. The summed E-state index contributed by atoms with van der Waals surface area (Å²) < 4.78 is 17.6. The third-order valence-electron chi connectivity index (χ3n) is 7.29. The van der Waals surface area contributed by atoms with Gasteiger partial charge in [0.05, 0.1) is 23.5 Å². The van der Waals surface area contributed by atoms with Crippen LogP contribution in [0.5, 0.6) is 0 Å². The minimum Gasteiger partial charge on any atom is -0.444 e. The van der Waals surface area contributed by atoms with Crippen molar-refractivity contribution < 1.29 is 28.3 Å². The third kappa shape index (κ3) is 8.65. The SMILES string of the molecule is Cn1c(=O)oc2ccc(-c3ccc(C[C@@H](C#N)NC(=O)[C@H]4CCN(C(=O)OC(C)(C)C)C[C@H]4NC(=O)OC(C)(C)C)cc3)cc21. The Morgan fingerprint density at radius 3 is 2.29 bits per heavy atom. The lowest BCUT2D eigenvalue weighted by atomic mass is 9.90. The molecule has 1 fully saturated rings. The van der Waals surface area contributed by atoms with Crippen molar-refractivity contribution in [2.75, 3.05) is 13.1 Å². The number of hydrogen-bond acceptors (Lipinski definition) is 8. The van der Waals surface area contributed by atoms with E-state index in [0.717, 1.165) is 16.7 Å². The highest BCUT2D eigenvalue weighted by atomic mass is 16.6. The third-order valence-corrected chi connectivity index (χ3v) is 7.29. The predicted molar refractivity (Wildman–Crippen MR) is 167 cm³/mol. The molecule has 2 heterocycles. The fourth-order valence-corrected chi connectivity index (χ4v) is 5.15. The van der Waals surface area contributed by atoms with Crippen molar-refractivity contribution in [1.82, 2.24) is 20.1 Å². The van der Waals surface area contributed by atoms with Gasteiger partial charge in [0.15, 0.2) is 5.58 Å². The zero-order valence-corrected chi connectivity index (χ0v) is 26.8. The van der Waals surface area contributed by atoms with Gasteiger partial charge in [-0.2, -0.15) is 5.26 Å². The van der Waals surface area contributed by atoms with Gasteiger partial charge in [0.1, 0.15) is 17.2 Å². The fraction of sp³-hybridized carbons (Fsp3) is 0.485. The van der Waals surface area contributed by atoms with Gasteiger partial charge in [-0.3, -0.25) is 9.36 Å². The quantitative estimate of drug-likeness (QED) is 0.409. The summed E-state index contributed by atoms with van der Waals surface area (Å²) in [7, 11) is 1.65. The molecule has 1 aliphatic heterocycles. The van der Waals surface area contributed by atoms with E-state index in [-0.39, 0.29) is 25.9 Å². The number of alkyl carbamates (subject to hydrolysis) is 1. The van der Waals surface area contributed by atoms with Crippen LogP contribution in [-0.4, -0.2) is 63.9 Å². The van der Waals surface area contributed by atoms with Crippen LogP contribution in [0.2, 0.25) is 0 Å². The van der Waals surface area contributed by atoms with Gasteiger partial charge < -0.3 is 29.4 Å². The van der Waals surface area contributed by atoms with Gasteiger partial charge in [0, 0.05) is 26.6 Å². The number of nitrogens with zero attached hydrogens (tertiary/aromatic N) is 3. The average molecular weight is 620 g/mol. The number of aromatic nitrogens is 1. The number of nitriles is 1. The normalized spacial score (nSPS) is 17.7. The van der Waals surface area contributed by atoms with Crippen LogP contribution < -0.4 is 16.4 Å². The van der Waals surface area contributed by atoms with Gasteiger partial charge in [-0.25, -0.2) is 14.4 Å². The van der Waals surface area contributed by atoms with Gasteiger partial charge in [0.2, 0.25) is 5.91 Å². The maximum atomic E-state index is 13.5. The minimum atomic E-state index is -0.828. The number of likely N-dealkylation sites (tertiary alicyclic amines) is 1. The van der Waals surface area contributed by atoms with Crippen molar-refractivity contribution in [3.63, 3.8) is 0 Å². The molecule has 0 spiro atoms. The second kappa shape index (κ2) is 13.1. The van der Waals surface area contributed by atoms with E-state index in [1.165, 1.54) is 9.47 Å². The van der Waals surface area contributed by atoms with Crippen molar-refractivity contribution in [3.8, 4) is 17.2 Å². The Labute approximate surface area is 262 Å². The minimum absolute atomic E-state index is 0.0453. The molecule has 4 rings (SSSR count). The molecule has 240 valence electrons. The number of carbonyl (C=O) groups is 3. The molecule has 0 radical (unpaired) electrons. The van der Waals surface area contributed by atoms with Crippen molar-refractivity contribution in [1.29, 1.82) is 5.26 Å². The number of piperidine rings is 1. The van der Waals surface area contributed by atoms with E-state index in [9.17, 15) is 24.4 Å². The van der Waals surface area contributed by atoms with Crippen molar-refractivity contribution in [3.05, 3.63) is 58.6 Å². The number of oxazole rings is 1. The standard InChI is InChI=1S/C33H41N5O7/c1-32(2,3)44-29(40)36-25-19-38(31(42)45-33(4,5)6)15-14-24(25)28(39)35-23(18-34)16-20-8-10-21(11-9-20)22-12-13-27-26(17-22)37(7)30(41)43-27/h8-13,17,23-25H,14-16,19H2,1-7H3,(H,35,39)(H,36,40)/t23-,24-,25+/m0/s1. The molecule has 12 nitrogen and oxygen atoms in total. The zero-order valence-electron chi connectivity index (χ0n) is 26.8. The molecule has 1 saturated heterocycles. The summed E-state index contributed by atoms with van der Waals surface area (Å²) in [5, 5.41) is 15.5. The summed E-state index contributed by atoms with van der Waals surface area (Å²) in [6.07, 6.45) is -0.726. The Balaban J connectivity index is 1.44. The molecule has 0 bridgehead atoms. The molecule has 2 N–H and O–H groups in total. The molecule has 0 saturated carbocycles. The van der Waals surface area contributed by atoms with E-state index in [1.54, 1.807) is 54.7 Å². The van der Waals surface area contributed by atoms with Crippen LogP contribution >= 0.6 is 0 Å². The maximum Gasteiger partial charge on any atom is 0.419 e. The number of amides is 3. The van der Waals surface area contributed by atoms with Crippen LogP contribution in [0.1, 0.15) is 53.5 Å². The van der Waals surface area contributed by atoms with Crippen molar-refractivity contribution >= 4 is 29.2 Å². The molecule has 1 aliphatic rings. The summed E-state index contributed by atoms with van der Waals surface area (Å²) in [6, 6.07) is 13.7. The molecule has 12 heteroatoms. The Kier molecular flexibility index (Phi) is 9.61. The fourth-order valence-electron chi connectivity index (χ4n) is 5.15. The molecule has 0 unspecified atom stereocenters. The van der Waals surface area contributed by atoms with Crippen molar-refractivity contribution in [2.45, 2.75) is 77.7 Å². The van der Waals surface area contributed by atoms with Gasteiger partial charge >= 0.3 is 17.9 Å². The van der Waals surface area contributed by atoms with Crippen LogP contribution in [0.3, 0.4) is 0 Å². The lowest BCUT2D eigenvalue weighted by Crippen LogP contribution is -2.59. The number of fused-ring (bicyclic) bond motifs is 1. The summed E-state index contributed by atoms with van der Waals surface area (Å²) in [5.41, 5.74) is 2.39. The zero-order chi connectivity index (χ0) is 33.1. The second-order valence-electron chi connectivity index (χ2n) is 13.3. The molecule has 45 heavy (non-hydrogen) atoms. The number of rotatable bonds is 6. The Morgan fingerprint density at radius 2 is 1.67 bits per heavy atom. The van der Waals surface area contributed by atoms with Crippen LogP contribution in [-0.2, 0) is 27.7 Å². The van der Waals surface area contributed by atoms with Crippen LogP contribution in [0, 0.1) is 17.2 Å². The van der Waals surface area contributed by atoms with Gasteiger partial charge in [-0.05, 0) is 76.8 Å². The van der Waals surface area contributed by atoms with E-state index < -0.39 is 53.1 Å². The summed E-state index contributed by atoms with van der Waals surface area (Å²) in [5.74, 6) is -1.53. The van der Waals surface area contributed by atoms with E-state index in [2.05, 4.69) is 16.7 Å². The topological polar surface area (TPSA) is 156 Å². The first kappa shape index (κ1) is 33.1. The molecule has 3 aromatic rings. The van der Waals surface area contributed by atoms with Gasteiger partial charge in [0.25, 0.3) is 0 Å². The highest BCUT2D eigenvalue weighted by Crippen LogP contribution is 2.25. The number of hydrogen-bond donors (Lipinski definition) is 2. The Morgan fingerprint density at radius 1 is 1.02 bits per heavy atom. The Bertz CT molecular complexity index is 1650. The number of carbonyl (C=O) groups excluding carboxylic acids is 3. The highest BCUT2D eigenvalue weighted by molar-refractivity contribution is 5.82. The largest absolute Gasteiger partial charge is 0.444 e. The smallest absolute Gasteiger partial charge is 0.419 e. The first-order valence-corrected chi connectivity index (χ1v) is 14.9. The number of ether oxygens (including phenoxy) is 2. The molecular formula is C33H41N5O7. The predicted octanol–water partition coefficient (Wildman–Crippen LogP) is 4.50. The highest BCUT2D eigenvalue weighted by Gasteiger charge is 2.39. The van der Waals surface area contributed by atoms with Crippen LogP contribution in [0.25, 0.3) is 22.2 Å². The summed E-state index contributed by atoms with van der Waals surface area (Å²) >= 11 is 0. The lowest BCUT2D eigenvalue weighted by Gasteiger charge is -2.39. The lowest BCUT2D eigenvalue weighted by molar-refractivity contribution is -0.127. The monoisotopic (exact) mass is 619 g/mol.